The van der Waals surface area contributed by atoms with Crippen LogP contribution < -0.4 is 5.32 Å². The van der Waals surface area contributed by atoms with Crippen molar-refractivity contribution in [1.29, 1.82) is 0 Å². The van der Waals surface area contributed by atoms with Gasteiger partial charge in [0.15, 0.2) is 0 Å². The summed E-state index contributed by atoms with van der Waals surface area (Å²) in [5.41, 5.74) is 0. The molecule has 0 radical (unpaired) electrons. The maximum Gasteiger partial charge on any atom is 0.243 e. The number of carbonyl (C=O) groups excluding carboxylic acids is 1. The lowest BCUT2D eigenvalue weighted by Crippen LogP contribution is -2.55. The highest BCUT2D eigenvalue weighted by Crippen LogP contribution is 2.23. The van der Waals surface area contributed by atoms with E-state index in [-0.39, 0.29) is 11.9 Å². The molecule has 0 spiro atoms. The third kappa shape index (κ3) is 5.09. The Kier molecular flexibility index (Phi) is 6.89. The second-order valence-corrected chi connectivity index (χ2v) is 9.62. The molecule has 1 unspecified atom stereocenters. The SMILES string of the molecule is CC(C(=O)NCC1CCCCC1)N1CCN(S(=O)(=O)c2ccccc2)CC1. The third-order valence-electron chi connectivity index (χ3n) is 5.87. The fourth-order valence-corrected chi connectivity index (χ4v) is 5.47. The lowest BCUT2D eigenvalue weighted by molar-refractivity contribution is -0.126. The normalized spacial score (nSPS) is 21.7. The first-order valence-electron chi connectivity index (χ1n) is 10.1. The number of amides is 1. The molecule has 1 amide bonds. The van der Waals surface area contributed by atoms with E-state index in [9.17, 15) is 13.2 Å². The maximum absolute atomic E-state index is 12.7. The fourth-order valence-electron chi connectivity index (χ4n) is 4.02. The number of nitrogens with one attached hydrogen (secondary N) is 1. The zero-order chi connectivity index (χ0) is 19.3. The van der Waals surface area contributed by atoms with Crippen LogP contribution in [-0.2, 0) is 14.8 Å². The van der Waals surface area contributed by atoms with Crippen molar-refractivity contribution in [1.82, 2.24) is 14.5 Å². The molecule has 7 heteroatoms. The summed E-state index contributed by atoms with van der Waals surface area (Å²) in [5, 5.41) is 3.10. The zero-order valence-electron chi connectivity index (χ0n) is 16.1. The average molecular weight is 394 g/mol. The number of benzene rings is 1. The highest BCUT2D eigenvalue weighted by molar-refractivity contribution is 7.89. The number of rotatable bonds is 6. The molecule has 27 heavy (non-hydrogen) atoms. The monoisotopic (exact) mass is 393 g/mol. The van der Waals surface area contributed by atoms with Gasteiger partial charge in [0.25, 0.3) is 0 Å². The summed E-state index contributed by atoms with van der Waals surface area (Å²) in [5.74, 6) is 0.669. The quantitative estimate of drug-likeness (QED) is 0.803. The zero-order valence-corrected chi connectivity index (χ0v) is 17.0. The summed E-state index contributed by atoms with van der Waals surface area (Å²) in [7, 11) is -3.45. The Labute approximate surface area is 163 Å². The second kappa shape index (κ2) is 9.17. The van der Waals surface area contributed by atoms with E-state index in [0.717, 1.165) is 6.54 Å². The smallest absolute Gasteiger partial charge is 0.243 e. The molecule has 1 N–H and O–H groups in total. The van der Waals surface area contributed by atoms with Crippen LogP contribution in [-0.4, -0.2) is 62.3 Å². The van der Waals surface area contributed by atoms with E-state index < -0.39 is 10.0 Å². The summed E-state index contributed by atoms with van der Waals surface area (Å²) in [4.78, 5) is 14.9. The molecule has 1 saturated carbocycles. The van der Waals surface area contributed by atoms with Gasteiger partial charge >= 0.3 is 0 Å². The van der Waals surface area contributed by atoms with Crippen molar-refractivity contribution < 1.29 is 13.2 Å². The third-order valence-corrected chi connectivity index (χ3v) is 7.78. The molecule has 2 aliphatic rings. The van der Waals surface area contributed by atoms with E-state index in [1.165, 1.54) is 36.4 Å². The predicted molar refractivity (Wildman–Crippen MR) is 106 cm³/mol. The summed E-state index contributed by atoms with van der Waals surface area (Å²) < 4.78 is 26.9. The minimum absolute atomic E-state index is 0.0555. The van der Waals surface area contributed by atoms with Crippen LogP contribution in [0.2, 0.25) is 0 Å². The Hall–Kier alpha value is -1.44. The number of piperazine rings is 1. The lowest BCUT2D eigenvalue weighted by atomic mass is 9.89. The van der Waals surface area contributed by atoms with Crippen molar-refractivity contribution in [2.24, 2.45) is 5.92 Å². The molecule has 0 aromatic heterocycles. The first kappa shape index (κ1) is 20.3. The van der Waals surface area contributed by atoms with Crippen LogP contribution in [0.1, 0.15) is 39.0 Å². The van der Waals surface area contributed by atoms with Crippen LogP contribution in [0.5, 0.6) is 0 Å². The van der Waals surface area contributed by atoms with Crippen molar-refractivity contribution in [2.75, 3.05) is 32.7 Å². The van der Waals surface area contributed by atoms with E-state index >= 15 is 0 Å². The molecule has 6 nitrogen and oxygen atoms in total. The van der Waals surface area contributed by atoms with Gasteiger partial charge in [-0.3, -0.25) is 9.69 Å². The van der Waals surface area contributed by atoms with Gasteiger partial charge in [-0.05, 0) is 37.8 Å². The van der Waals surface area contributed by atoms with Crippen molar-refractivity contribution in [3.63, 3.8) is 0 Å². The molecule has 150 valence electrons. The Bertz CT molecular complexity index is 709. The molecule has 1 aromatic rings. The Balaban J connectivity index is 1.48. The number of sulfonamides is 1. The molecular formula is C20H31N3O3S. The van der Waals surface area contributed by atoms with Crippen LogP contribution >= 0.6 is 0 Å². The van der Waals surface area contributed by atoms with Crippen LogP contribution in [0.4, 0.5) is 0 Å². The van der Waals surface area contributed by atoms with Gasteiger partial charge in [-0.25, -0.2) is 8.42 Å². The van der Waals surface area contributed by atoms with Crippen LogP contribution in [0.25, 0.3) is 0 Å². The number of hydrogen-bond donors (Lipinski definition) is 1. The van der Waals surface area contributed by atoms with Crippen molar-refractivity contribution in [2.45, 2.75) is 50.0 Å². The van der Waals surface area contributed by atoms with Gasteiger partial charge in [-0.1, -0.05) is 37.5 Å². The lowest BCUT2D eigenvalue weighted by Gasteiger charge is -2.37. The summed E-state index contributed by atoms with van der Waals surface area (Å²) in [6.45, 7) is 4.66. The molecule has 1 aliphatic carbocycles. The molecule has 1 heterocycles. The first-order chi connectivity index (χ1) is 13.0. The molecule has 1 saturated heterocycles. The molecule has 0 bridgehead atoms. The number of hydrogen-bond acceptors (Lipinski definition) is 4. The second-order valence-electron chi connectivity index (χ2n) is 7.68. The fraction of sp³-hybridized carbons (Fsp3) is 0.650. The first-order valence-corrected chi connectivity index (χ1v) is 11.5. The van der Waals surface area contributed by atoms with E-state index in [0.29, 0.717) is 37.0 Å². The average Bonchev–Trinajstić information content (AvgIpc) is 2.73. The summed E-state index contributed by atoms with van der Waals surface area (Å²) >= 11 is 0. The van der Waals surface area contributed by atoms with Crippen LogP contribution in [0, 0.1) is 5.92 Å². The highest BCUT2D eigenvalue weighted by Gasteiger charge is 2.31. The molecule has 3 rings (SSSR count). The molecule has 1 atom stereocenters. The maximum atomic E-state index is 12.7. The van der Waals surface area contributed by atoms with Crippen LogP contribution in [0.15, 0.2) is 35.2 Å². The molecule has 1 aromatic carbocycles. The van der Waals surface area contributed by atoms with Gasteiger partial charge in [0.05, 0.1) is 10.9 Å². The highest BCUT2D eigenvalue weighted by atomic mass is 32.2. The largest absolute Gasteiger partial charge is 0.354 e. The Morgan fingerprint density at radius 2 is 1.70 bits per heavy atom. The van der Waals surface area contributed by atoms with E-state index in [1.54, 1.807) is 24.3 Å². The van der Waals surface area contributed by atoms with Gasteiger partial charge < -0.3 is 5.32 Å². The van der Waals surface area contributed by atoms with Gasteiger partial charge in [0, 0.05) is 32.7 Å². The van der Waals surface area contributed by atoms with E-state index in [1.807, 2.05) is 13.0 Å². The van der Waals surface area contributed by atoms with Gasteiger partial charge in [-0.2, -0.15) is 4.31 Å². The summed E-state index contributed by atoms with van der Waals surface area (Å²) in [6, 6.07) is 8.32. The van der Waals surface area contributed by atoms with Gasteiger partial charge in [-0.15, -0.1) is 0 Å². The van der Waals surface area contributed by atoms with Crippen LogP contribution in [0.3, 0.4) is 0 Å². The minimum Gasteiger partial charge on any atom is -0.354 e. The van der Waals surface area contributed by atoms with Crippen molar-refractivity contribution in [3.05, 3.63) is 30.3 Å². The van der Waals surface area contributed by atoms with Crippen molar-refractivity contribution in [3.8, 4) is 0 Å². The molecule has 1 aliphatic heterocycles. The van der Waals surface area contributed by atoms with Crippen molar-refractivity contribution >= 4 is 15.9 Å². The van der Waals surface area contributed by atoms with E-state index in [2.05, 4.69) is 10.2 Å². The molecular weight excluding hydrogens is 362 g/mol. The Morgan fingerprint density at radius 3 is 2.33 bits per heavy atom. The topological polar surface area (TPSA) is 69.7 Å². The van der Waals surface area contributed by atoms with E-state index in [4.69, 9.17) is 0 Å². The number of carbonyl (C=O) groups is 1. The molecule has 2 fully saturated rings. The standard InChI is InChI=1S/C20H31N3O3S/c1-17(20(24)21-16-18-8-4-2-5-9-18)22-12-14-23(15-13-22)27(25,26)19-10-6-3-7-11-19/h3,6-7,10-11,17-18H,2,4-5,8-9,12-16H2,1H3,(H,21,24). The number of nitrogens with zero attached hydrogens (tertiary/aromatic N) is 2. The van der Waals surface area contributed by atoms with Gasteiger partial charge in [0.1, 0.15) is 0 Å². The summed E-state index contributed by atoms with van der Waals surface area (Å²) in [6.07, 6.45) is 6.29. The predicted octanol–water partition coefficient (Wildman–Crippen LogP) is 2.08. The van der Waals surface area contributed by atoms with Gasteiger partial charge in [0.2, 0.25) is 15.9 Å². The Morgan fingerprint density at radius 1 is 1.07 bits per heavy atom. The minimum atomic E-state index is -3.45.